The minimum atomic E-state index is -0.236. The number of hydrogen-bond acceptors (Lipinski definition) is 4. The highest BCUT2D eigenvalue weighted by molar-refractivity contribution is 6.20. The van der Waals surface area contributed by atoms with Gasteiger partial charge in [-0.25, -0.2) is 0 Å². The summed E-state index contributed by atoms with van der Waals surface area (Å²) in [5, 5.41) is 2.81. The predicted molar refractivity (Wildman–Crippen MR) is 78.4 cm³/mol. The first kappa shape index (κ1) is 16.4. The van der Waals surface area contributed by atoms with Crippen LogP contribution < -0.4 is 19.5 Å². The van der Waals surface area contributed by atoms with Crippen LogP contribution in [0.1, 0.15) is 23.7 Å². The smallest absolute Gasteiger partial charge is 0.255 e. The van der Waals surface area contributed by atoms with Gasteiger partial charge in [0, 0.05) is 11.9 Å². The van der Waals surface area contributed by atoms with Crippen LogP contribution in [0.4, 0.5) is 0 Å². The van der Waals surface area contributed by atoms with Gasteiger partial charge in [0.25, 0.3) is 5.91 Å². The Labute approximate surface area is 124 Å². The van der Waals surface area contributed by atoms with Crippen LogP contribution in [-0.4, -0.2) is 39.2 Å². The molecule has 0 aliphatic heterocycles. The van der Waals surface area contributed by atoms with E-state index in [9.17, 15) is 4.79 Å². The van der Waals surface area contributed by atoms with Gasteiger partial charge in [-0.3, -0.25) is 4.79 Å². The van der Waals surface area contributed by atoms with Crippen LogP contribution in [0.25, 0.3) is 0 Å². The van der Waals surface area contributed by atoms with E-state index in [1.807, 2.05) is 6.92 Å². The van der Waals surface area contributed by atoms with Crippen LogP contribution in [0, 0.1) is 0 Å². The fourth-order valence-corrected chi connectivity index (χ4v) is 1.87. The summed E-state index contributed by atoms with van der Waals surface area (Å²) in [6.45, 7) is 2.38. The van der Waals surface area contributed by atoms with Gasteiger partial charge in [-0.15, -0.1) is 11.6 Å². The lowest BCUT2D eigenvalue weighted by molar-refractivity contribution is 0.0949. The number of nitrogens with one attached hydrogen (secondary N) is 1. The monoisotopic (exact) mass is 301 g/mol. The van der Waals surface area contributed by atoms with E-state index in [0.29, 0.717) is 35.8 Å². The SMILES string of the molecule is COc1ccc(C(=O)NCCC(C)Cl)c(OC)c1OC. The molecule has 6 heteroatoms. The molecule has 20 heavy (non-hydrogen) atoms. The molecule has 112 valence electrons. The Morgan fingerprint density at radius 1 is 1.20 bits per heavy atom. The molecule has 1 N–H and O–H groups in total. The lowest BCUT2D eigenvalue weighted by Crippen LogP contribution is -2.26. The highest BCUT2D eigenvalue weighted by Crippen LogP contribution is 2.39. The molecule has 1 aromatic carbocycles. The van der Waals surface area contributed by atoms with E-state index >= 15 is 0 Å². The summed E-state index contributed by atoms with van der Waals surface area (Å²) in [6, 6.07) is 3.31. The van der Waals surface area contributed by atoms with E-state index in [4.69, 9.17) is 25.8 Å². The predicted octanol–water partition coefficient (Wildman–Crippen LogP) is 2.46. The maximum absolute atomic E-state index is 12.1. The standard InChI is InChI=1S/C14H20ClNO4/c1-9(15)7-8-16-14(17)10-5-6-11(18-2)13(20-4)12(10)19-3/h5-6,9H,7-8H2,1-4H3,(H,16,17). The molecule has 0 saturated heterocycles. The van der Waals surface area contributed by atoms with Crippen molar-refractivity contribution in [2.75, 3.05) is 27.9 Å². The van der Waals surface area contributed by atoms with Crippen LogP contribution in [0.2, 0.25) is 0 Å². The number of halogens is 1. The number of benzene rings is 1. The largest absolute Gasteiger partial charge is 0.493 e. The molecule has 0 aliphatic carbocycles. The second-order valence-electron chi connectivity index (χ2n) is 4.21. The Bertz CT molecular complexity index is 463. The molecule has 1 rings (SSSR count). The number of carbonyl (C=O) groups is 1. The van der Waals surface area contributed by atoms with Crippen LogP contribution in [0.15, 0.2) is 12.1 Å². The Balaban J connectivity index is 2.97. The molecule has 5 nitrogen and oxygen atoms in total. The van der Waals surface area contributed by atoms with Gasteiger partial charge in [-0.2, -0.15) is 0 Å². The van der Waals surface area contributed by atoms with Gasteiger partial charge in [0.15, 0.2) is 11.5 Å². The van der Waals surface area contributed by atoms with Gasteiger partial charge in [0.1, 0.15) is 0 Å². The fourth-order valence-electron chi connectivity index (χ4n) is 1.76. The first-order valence-electron chi connectivity index (χ1n) is 6.26. The van der Waals surface area contributed by atoms with Gasteiger partial charge >= 0.3 is 0 Å². The second-order valence-corrected chi connectivity index (χ2v) is 4.95. The van der Waals surface area contributed by atoms with Gasteiger partial charge in [0.05, 0.1) is 26.9 Å². The van der Waals surface area contributed by atoms with E-state index in [0.717, 1.165) is 0 Å². The van der Waals surface area contributed by atoms with E-state index in [-0.39, 0.29) is 11.3 Å². The van der Waals surface area contributed by atoms with Crippen LogP contribution >= 0.6 is 11.6 Å². The third-order valence-electron chi connectivity index (χ3n) is 2.78. The van der Waals surface area contributed by atoms with E-state index < -0.39 is 0 Å². The summed E-state index contributed by atoms with van der Waals surface area (Å²) in [5.74, 6) is 1.02. The van der Waals surface area contributed by atoms with Crippen molar-refractivity contribution < 1.29 is 19.0 Å². The average Bonchev–Trinajstić information content (AvgIpc) is 2.44. The van der Waals surface area contributed by atoms with Crippen molar-refractivity contribution in [3.05, 3.63) is 17.7 Å². The average molecular weight is 302 g/mol. The molecular formula is C14H20ClNO4. The molecule has 0 aromatic heterocycles. The summed E-state index contributed by atoms with van der Waals surface area (Å²) in [7, 11) is 4.51. The topological polar surface area (TPSA) is 56.8 Å². The van der Waals surface area contributed by atoms with Crippen molar-refractivity contribution in [1.82, 2.24) is 5.32 Å². The van der Waals surface area contributed by atoms with Gasteiger partial charge in [-0.1, -0.05) is 0 Å². The van der Waals surface area contributed by atoms with Crippen molar-refractivity contribution in [3.63, 3.8) is 0 Å². The third kappa shape index (κ3) is 3.93. The van der Waals surface area contributed by atoms with Crippen molar-refractivity contribution in [2.45, 2.75) is 18.7 Å². The van der Waals surface area contributed by atoms with Crippen molar-refractivity contribution in [1.29, 1.82) is 0 Å². The fraction of sp³-hybridized carbons (Fsp3) is 0.500. The Morgan fingerprint density at radius 2 is 1.85 bits per heavy atom. The highest BCUT2D eigenvalue weighted by Gasteiger charge is 2.20. The molecular weight excluding hydrogens is 282 g/mol. The van der Waals surface area contributed by atoms with Crippen LogP contribution in [-0.2, 0) is 0 Å². The molecule has 0 saturated carbocycles. The maximum atomic E-state index is 12.1. The summed E-state index contributed by atoms with van der Waals surface area (Å²) >= 11 is 5.84. The van der Waals surface area contributed by atoms with Gasteiger partial charge in [0.2, 0.25) is 5.75 Å². The minimum absolute atomic E-state index is 0.0163. The molecule has 0 spiro atoms. The molecule has 0 radical (unpaired) electrons. The second kappa shape index (κ2) is 7.85. The zero-order valence-corrected chi connectivity index (χ0v) is 12.9. The van der Waals surface area contributed by atoms with E-state index in [1.54, 1.807) is 12.1 Å². The molecule has 0 aliphatic rings. The molecule has 1 atom stereocenters. The molecule has 0 fully saturated rings. The third-order valence-corrected chi connectivity index (χ3v) is 2.99. The molecule has 1 aromatic rings. The Hall–Kier alpha value is -1.62. The van der Waals surface area contributed by atoms with E-state index in [1.165, 1.54) is 21.3 Å². The number of ether oxygens (including phenoxy) is 3. The number of alkyl halides is 1. The normalized spacial score (nSPS) is 11.7. The first-order valence-corrected chi connectivity index (χ1v) is 6.70. The lowest BCUT2D eigenvalue weighted by Gasteiger charge is -2.15. The van der Waals surface area contributed by atoms with Crippen molar-refractivity contribution in [2.24, 2.45) is 0 Å². The quantitative estimate of drug-likeness (QED) is 0.786. The number of methoxy groups -OCH3 is 3. The number of carbonyl (C=O) groups excluding carboxylic acids is 1. The number of amides is 1. The molecule has 1 amide bonds. The number of rotatable bonds is 7. The first-order chi connectivity index (χ1) is 9.54. The summed E-state index contributed by atoms with van der Waals surface area (Å²) < 4.78 is 15.7. The molecule has 0 bridgehead atoms. The van der Waals surface area contributed by atoms with Crippen LogP contribution in [0.5, 0.6) is 17.2 Å². The summed E-state index contributed by atoms with van der Waals surface area (Å²) in [5.41, 5.74) is 0.396. The van der Waals surface area contributed by atoms with Gasteiger partial charge < -0.3 is 19.5 Å². The number of hydrogen-bond donors (Lipinski definition) is 1. The lowest BCUT2D eigenvalue weighted by atomic mass is 10.1. The van der Waals surface area contributed by atoms with Crippen molar-refractivity contribution >= 4 is 17.5 Å². The summed E-state index contributed by atoms with van der Waals surface area (Å²) in [4.78, 5) is 12.1. The minimum Gasteiger partial charge on any atom is -0.493 e. The van der Waals surface area contributed by atoms with Crippen LogP contribution in [0.3, 0.4) is 0 Å². The highest BCUT2D eigenvalue weighted by atomic mass is 35.5. The van der Waals surface area contributed by atoms with Gasteiger partial charge in [-0.05, 0) is 25.5 Å². The summed E-state index contributed by atoms with van der Waals surface area (Å²) in [6.07, 6.45) is 0.697. The maximum Gasteiger partial charge on any atom is 0.255 e. The van der Waals surface area contributed by atoms with Crippen molar-refractivity contribution in [3.8, 4) is 17.2 Å². The molecule has 0 heterocycles. The van der Waals surface area contributed by atoms with E-state index in [2.05, 4.69) is 5.32 Å². The Kier molecular flexibility index (Phi) is 6.45. The molecule has 1 unspecified atom stereocenters. The zero-order chi connectivity index (χ0) is 15.1. The zero-order valence-electron chi connectivity index (χ0n) is 12.2. The Morgan fingerprint density at radius 3 is 2.35 bits per heavy atom.